The van der Waals surface area contributed by atoms with Gasteiger partial charge in [0.05, 0.1) is 78.9 Å². The molecule has 16 nitrogen and oxygen atoms in total. The number of phenols is 2. The smallest absolute Gasteiger partial charge is 0.314 e. The molecule has 0 aliphatic heterocycles. The monoisotopic (exact) mass is 1080 g/mol. The maximum Gasteiger partial charge on any atom is 0.314 e. The molecule has 2 unspecified atom stereocenters. The third-order valence-electron chi connectivity index (χ3n) is 13.3. The molecule has 0 radical (unpaired) electrons. The zero-order valence-corrected chi connectivity index (χ0v) is 46.1. The highest BCUT2D eigenvalue weighted by molar-refractivity contribution is 5.77. The lowest BCUT2D eigenvalue weighted by atomic mass is 9.95. The first-order chi connectivity index (χ1) is 37.7. The van der Waals surface area contributed by atoms with Crippen LogP contribution in [0.15, 0.2) is 97.1 Å². The SMILES string of the molecule is CCC(C)c1ccc(OCCC(=O)Oc2c(CO)cc(-c3cc(CO)c(O)c(CO)c3)cc2CO)cc1.CCC(C)c1ccc(OCCC(=O)Oc2c(COC)cc(-c3cc(COC)c(O)c(COC)c3)cc2COC)cc1. The van der Waals surface area contributed by atoms with Crippen molar-refractivity contribution in [1.29, 1.82) is 0 Å². The Bertz CT molecular complexity index is 2760. The Morgan fingerprint density at radius 3 is 1.03 bits per heavy atom. The number of rotatable bonds is 28. The van der Waals surface area contributed by atoms with Gasteiger partial charge in [0.1, 0.15) is 34.5 Å². The van der Waals surface area contributed by atoms with Crippen LogP contribution in [0, 0.1) is 0 Å². The second-order valence-electron chi connectivity index (χ2n) is 18.8. The van der Waals surface area contributed by atoms with E-state index >= 15 is 0 Å². The molecular formula is C62H76O16. The summed E-state index contributed by atoms with van der Waals surface area (Å²) in [5.74, 6) is 1.73. The first-order valence-electron chi connectivity index (χ1n) is 26.0. The van der Waals surface area contributed by atoms with Crippen molar-refractivity contribution in [3.63, 3.8) is 0 Å². The van der Waals surface area contributed by atoms with Crippen LogP contribution in [0.1, 0.15) is 121 Å². The molecular weight excluding hydrogens is 1000 g/mol. The number of phenolic OH excluding ortho intramolecular Hbond substituents is 1. The number of carbonyl (C=O) groups is 2. The van der Waals surface area contributed by atoms with Gasteiger partial charge < -0.3 is 68.5 Å². The lowest BCUT2D eigenvalue weighted by molar-refractivity contribution is -0.136. The fourth-order valence-electron chi connectivity index (χ4n) is 8.58. The molecule has 0 spiro atoms. The summed E-state index contributed by atoms with van der Waals surface area (Å²) in [7, 11) is 6.33. The molecule has 0 heterocycles. The van der Waals surface area contributed by atoms with Crippen molar-refractivity contribution in [3.05, 3.63) is 153 Å². The second-order valence-corrected chi connectivity index (χ2v) is 18.8. The van der Waals surface area contributed by atoms with Gasteiger partial charge in [-0.2, -0.15) is 0 Å². The molecule has 420 valence electrons. The molecule has 0 aliphatic rings. The van der Waals surface area contributed by atoms with E-state index in [2.05, 4.69) is 39.8 Å². The number of hydrogen-bond acceptors (Lipinski definition) is 16. The highest BCUT2D eigenvalue weighted by Crippen LogP contribution is 2.38. The van der Waals surface area contributed by atoms with E-state index in [4.69, 9.17) is 37.9 Å². The van der Waals surface area contributed by atoms with E-state index in [1.165, 1.54) is 11.1 Å². The summed E-state index contributed by atoms with van der Waals surface area (Å²) < 4.78 is 44.3. The predicted molar refractivity (Wildman–Crippen MR) is 295 cm³/mol. The van der Waals surface area contributed by atoms with Crippen LogP contribution >= 0.6 is 0 Å². The molecule has 6 aromatic carbocycles. The van der Waals surface area contributed by atoms with Crippen LogP contribution in [0.5, 0.6) is 34.5 Å². The van der Waals surface area contributed by atoms with Crippen molar-refractivity contribution in [1.82, 2.24) is 0 Å². The van der Waals surface area contributed by atoms with Gasteiger partial charge >= 0.3 is 11.9 Å². The second kappa shape index (κ2) is 31.5. The molecule has 6 rings (SSSR count). The van der Waals surface area contributed by atoms with Gasteiger partial charge in [-0.15, -0.1) is 0 Å². The van der Waals surface area contributed by atoms with Gasteiger partial charge in [-0.05, 0) is 131 Å². The van der Waals surface area contributed by atoms with Crippen LogP contribution in [-0.2, 0) is 81.4 Å². The Morgan fingerprint density at radius 1 is 0.423 bits per heavy atom. The number of aliphatic hydroxyl groups excluding tert-OH is 4. The maximum atomic E-state index is 12.9. The summed E-state index contributed by atoms with van der Waals surface area (Å²) in [6.45, 7) is 8.07. The van der Waals surface area contributed by atoms with Crippen molar-refractivity contribution in [2.24, 2.45) is 0 Å². The Labute approximate surface area is 457 Å². The van der Waals surface area contributed by atoms with Crippen LogP contribution in [-0.4, -0.2) is 84.2 Å². The summed E-state index contributed by atoms with van der Waals surface area (Å²) in [6.07, 6.45) is 2.15. The van der Waals surface area contributed by atoms with E-state index in [-0.39, 0.29) is 92.0 Å². The Hall–Kier alpha value is -6.86. The topological polar surface area (TPSA) is 229 Å². The summed E-state index contributed by atoms with van der Waals surface area (Å²) in [5, 5.41) is 59.8. The zero-order valence-electron chi connectivity index (χ0n) is 46.1. The van der Waals surface area contributed by atoms with Gasteiger partial charge in [-0.1, -0.05) is 52.0 Å². The van der Waals surface area contributed by atoms with Crippen molar-refractivity contribution >= 4 is 11.9 Å². The molecule has 16 heteroatoms. The molecule has 0 saturated carbocycles. The molecule has 0 aromatic heterocycles. The summed E-state index contributed by atoms with van der Waals surface area (Å²) in [5.41, 5.74) is 8.95. The molecule has 78 heavy (non-hydrogen) atoms. The summed E-state index contributed by atoms with van der Waals surface area (Å²) in [4.78, 5) is 25.4. The Kier molecular flexibility index (Phi) is 25.0. The lowest BCUT2D eigenvalue weighted by Crippen LogP contribution is -2.15. The molecule has 6 aromatic rings. The van der Waals surface area contributed by atoms with Crippen molar-refractivity contribution in [2.75, 3.05) is 41.7 Å². The van der Waals surface area contributed by atoms with E-state index in [0.717, 1.165) is 24.0 Å². The minimum absolute atomic E-state index is 0.0394. The van der Waals surface area contributed by atoms with Crippen molar-refractivity contribution in [2.45, 2.75) is 118 Å². The van der Waals surface area contributed by atoms with Gasteiger partial charge in [0, 0.05) is 72.9 Å². The van der Waals surface area contributed by atoms with Gasteiger partial charge in [0.2, 0.25) is 0 Å². The van der Waals surface area contributed by atoms with E-state index in [9.17, 15) is 40.2 Å². The van der Waals surface area contributed by atoms with E-state index in [1.807, 2.05) is 60.7 Å². The van der Waals surface area contributed by atoms with Crippen molar-refractivity contribution < 1.29 is 78.1 Å². The Morgan fingerprint density at radius 2 is 0.705 bits per heavy atom. The van der Waals surface area contributed by atoms with E-state index < -0.39 is 38.4 Å². The summed E-state index contributed by atoms with van der Waals surface area (Å²) >= 11 is 0. The first-order valence-corrected chi connectivity index (χ1v) is 26.0. The number of benzene rings is 6. The number of esters is 2. The molecule has 0 amide bonds. The molecule has 2 atom stereocenters. The van der Waals surface area contributed by atoms with Crippen LogP contribution in [0.4, 0.5) is 0 Å². The van der Waals surface area contributed by atoms with E-state index in [1.54, 1.807) is 52.7 Å². The number of methoxy groups -OCH3 is 4. The molecule has 6 N–H and O–H groups in total. The first kappa shape index (κ1) is 62.0. The average Bonchev–Trinajstić information content (AvgIpc) is 3.48. The van der Waals surface area contributed by atoms with Crippen LogP contribution in [0.25, 0.3) is 22.3 Å². The van der Waals surface area contributed by atoms with Gasteiger partial charge in [0.15, 0.2) is 0 Å². The fraction of sp³-hybridized carbons (Fsp3) is 0.387. The summed E-state index contributed by atoms with van der Waals surface area (Å²) in [6, 6.07) is 29.6. The zero-order chi connectivity index (χ0) is 56.7. The van der Waals surface area contributed by atoms with Crippen LogP contribution in [0.2, 0.25) is 0 Å². The quantitative estimate of drug-likeness (QED) is 0.0198. The van der Waals surface area contributed by atoms with Gasteiger partial charge in [-0.25, -0.2) is 0 Å². The normalized spacial score (nSPS) is 11.8. The third-order valence-corrected chi connectivity index (χ3v) is 13.3. The molecule has 0 saturated heterocycles. The number of aromatic hydroxyl groups is 2. The van der Waals surface area contributed by atoms with Gasteiger partial charge in [0.25, 0.3) is 0 Å². The number of hydrogen-bond donors (Lipinski definition) is 6. The average molecular weight is 1080 g/mol. The van der Waals surface area contributed by atoms with Crippen LogP contribution < -0.4 is 18.9 Å². The highest BCUT2D eigenvalue weighted by atomic mass is 16.5. The number of ether oxygens (including phenoxy) is 8. The van der Waals surface area contributed by atoms with Crippen molar-refractivity contribution in [3.8, 4) is 56.8 Å². The van der Waals surface area contributed by atoms with E-state index in [0.29, 0.717) is 62.5 Å². The third kappa shape index (κ3) is 17.1. The molecule has 0 bridgehead atoms. The largest absolute Gasteiger partial charge is 0.507 e. The standard InChI is InChI=1S/C33H42O8.C29H34O8/c1-7-22(2)23-8-10-30(11-9-23)40-13-12-31(34)41-33-28(20-38-5)16-25(17-29(33)21-39-6)24-14-26(18-36-3)32(35)27(15-24)19-37-4;1-3-18(2)19-4-6-26(7-5-19)36-9-8-27(34)37-29-24(16-32)12-21(13-25(29)17-33)20-10-22(14-30)28(35)23(11-20)15-31/h8-11,14-17,22,35H,7,12-13,18-21H2,1-6H3;4-7,10-13,18,30-33,35H,3,8-9,14-17H2,1-2H3. The minimum Gasteiger partial charge on any atom is -0.507 e. The molecule has 0 fully saturated rings. The van der Waals surface area contributed by atoms with Crippen LogP contribution in [0.3, 0.4) is 0 Å². The predicted octanol–water partition coefficient (Wildman–Crippen LogP) is 10.4. The molecule has 0 aliphatic carbocycles. The fourth-order valence-corrected chi connectivity index (χ4v) is 8.58. The number of carbonyl (C=O) groups excluding carboxylic acids is 2. The van der Waals surface area contributed by atoms with Gasteiger partial charge in [-0.3, -0.25) is 9.59 Å². The highest BCUT2D eigenvalue weighted by Gasteiger charge is 2.21. The Balaban J connectivity index is 0.000000289. The lowest BCUT2D eigenvalue weighted by Gasteiger charge is -2.18. The number of aliphatic hydroxyl groups is 4. The minimum atomic E-state index is -0.580. The maximum absolute atomic E-state index is 12.9.